The van der Waals surface area contributed by atoms with Crippen molar-refractivity contribution in [1.29, 1.82) is 0 Å². The Hall–Kier alpha value is -1.78. The summed E-state index contributed by atoms with van der Waals surface area (Å²) in [5.74, 6) is 0.818. The standard InChI is InChI=1S/C18H21ClN2O2/c19-15-8-6-14(7-9-15)18(22)20-13-16(17-5-4-12-23-17)21-10-2-1-3-11-21/h4-9,12,16H,1-3,10-11,13H2,(H,20,22). The smallest absolute Gasteiger partial charge is 0.251 e. The molecule has 0 aliphatic carbocycles. The molecule has 5 heteroatoms. The Labute approximate surface area is 141 Å². The van der Waals surface area contributed by atoms with E-state index in [0.717, 1.165) is 18.8 Å². The van der Waals surface area contributed by atoms with Gasteiger partial charge >= 0.3 is 0 Å². The Morgan fingerprint density at radius 2 is 1.91 bits per heavy atom. The molecule has 1 unspecified atom stereocenters. The van der Waals surface area contributed by atoms with Crippen LogP contribution in [-0.2, 0) is 0 Å². The van der Waals surface area contributed by atoms with Crippen molar-refractivity contribution in [2.45, 2.75) is 25.3 Å². The maximum atomic E-state index is 12.3. The molecule has 1 N–H and O–H groups in total. The first kappa shape index (κ1) is 16.1. The van der Waals surface area contributed by atoms with Gasteiger partial charge in [-0.3, -0.25) is 9.69 Å². The van der Waals surface area contributed by atoms with Crippen LogP contribution in [0.15, 0.2) is 47.1 Å². The summed E-state index contributed by atoms with van der Waals surface area (Å²) in [5.41, 5.74) is 0.617. The number of halogens is 1. The van der Waals surface area contributed by atoms with E-state index in [0.29, 0.717) is 17.1 Å². The molecule has 3 rings (SSSR count). The predicted octanol–water partition coefficient (Wildman–Crippen LogP) is 3.89. The first-order chi connectivity index (χ1) is 11.2. The highest BCUT2D eigenvalue weighted by atomic mass is 35.5. The summed E-state index contributed by atoms with van der Waals surface area (Å²) in [6.07, 6.45) is 5.36. The van der Waals surface area contributed by atoms with E-state index in [1.807, 2.05) is 12.1 Å². The van der Waals surface area contributed by atoms with Gasteiger partial charge in [-0.15, -0.1) is 0 Å². The van der Waals surface area contributed by atoms with Gasteiger partial charge in [0, 0.05) is 17.1 Å². The monoisotopic (exact) mass is 332 g/mol. The minimum atomic E-state index is -0.0877. The zero-order valence-electron chi connectivity index (χ0n) is 13.0. The number of piperidine rings is 1. The Kier molecular flexibility index (Phi) is 5.36. The van der Waals surface area contributed by atoms with Gasteiger partial charge in [-0.25, -0.2) is 0 Å². The maximum absolute atomic E-state index is 12.3. The number of furan rings is 1. The molecule has 1 atom stereocenters. The van der Waals surface area contributed by atoms with Crippen LogP contribution < -0.4 is 5.32 Å². The molecule has 1 aromatic carbocycles. The number of carbonyl (C=O) groups is 1. The summed E-state index contributed by atoms with van der Waals surface area (Å²) in [4.78, 5) is 14.7. The zero-order valence-corrected chi connectivity index (χ0v) is 13.8. The van der Waals surface area contributed by atoms with Gasteiger partial charge in [-0.05, 0) is 62.3 Å². The molecule has 4 nitrogen and oxygen atoms in total. The molecule has 1 fully saturated rings. The zero-order chi connectivity index (χ0) is 16.1. The van der Waals surface area contributed by atoms with Crippen LogP contribution in [0.1, 0.15) is 41.4 Å². The SMILES string of the molecule is O=C(NCC(c1ccco1)N1CCCCC1)c1ccc(Cl)cc1. The molecule has 122 valence electrons. The fraction of sp³-hybridized carbons (Fsp3) is 0.389. The van der Waals surface area contributed by atoms with Gasteiger partial charge in [0.05, 0.1) is 12.3 Å². The maximum Gasteiger partial charge on any atom is 0.251 e. The van der Waals surface area contributed by atoms with E-state index in [9.17, 15) is 4.79 Å². The number of hydrogen-bond donors (Lipinski definition) is 1. The van der Waals surface area contributed by atoms with Gasteiger partial charge in [0.15, 0.2) is 0 Å². The lowest BCUT2D eigenvalue weighted by molar-refractivity contribution is 0.0914. The van der Waals surface area contributed by atoms with Gasteiger partial charge in [0.2, 0.25) is 0 Å². The normalized spacial score (nSPS) is 16.9. The fourth-order valence-electron chi connectivity index (χ4n) is 3.01. The molecular formula is C18H21ClN2O2. The predicted molar refractivity (Wildman–Crippen MR) is 90.7 cm³/mol. The van der Waals surface area contributed by atoms with E-state index < -0.39 is 0 Å². The molecule has 1 aliphatic heterocycles. The third-order valence-corrected chi connectivity index (χ3v) is 4.52. The Morgan fingerprint density at radius 1 is 1.17 bits per heavy atom. The Bertz CT molecular complexity index is 619. The molecule has 0 saturated carbocycles. The number of rotatable bonds is 5. The minimum Gasteiger partial charge on any atom is -0.468 e. The molecule has 1 aliphatic rings. The lowest BCUT2D eigenvalue weighted by Gasteiger charge is -2.33. The van der Waals surface area contributed by atoms with Crippen LogP contribution in [0.2, 0.25) is 5.02 Å². The van der Waals surface area contributed by atoms with Crippen LogP contribution in [0.3, 0.4) is 0 Å². The van der Waals surface area contributed by atoms with Crippen LogP contribution in [0.5, 0.6) is 0 Å². The van der Waals surface area contributed by atoms with Crippen LogP contribution in [0.4, 0.5) is 0 Å². The Balaban J connectivity index is 1.66. The number of amides is 1. The third kappa shape index (κ3) is 4.15. The molecule has 23 heavy (non-hydrogen) atoms. The first-order valence-electron chi connectivity index (χ1n) is 8.05. The number of nitrogens with one attached hydrogen (secondary N) is 1. The highest BCUT2D eigenvalue weighted by molar-refractivity contribution is 6.30. The van der Waals surface area contributed by atoms with E-state index in [1.165, 1.54) is 19.3 Å². The highest BCUT2D eigenvalue weighted by Gasteiger charge is 2.25. The summed E-state index contributed by atoms with van der Waals surface area (Å²) in [5, 5.41) is 3.65. The highest BCUT2D eigenvalue weighted by Crippen LogP contribution is 2.24. The van der Waals surface area contributed by atoms with Crippen molar-refractivity contribution in [3.05, 3.63) is 59.0 Å². The van der Waals surface area contributed by atoms with Crippen LogP contribution in [0.25, 0.3) is 0 Å². The summed E-state index contributed by atoms with van der Waals surface area (Å²) < 4.78 is 5.59. The fourth-order valence-corrected chi connectivity index (χ4v) is 3.14. The van der Waals surface area contributed by atoms with Gasteiger partial charge in [0.25, 0.3) is 5.91 Å². The molecule has 0 spiro atoms. The minimum absolute atomic E-state index is 0.0848. The van der Waals surface area contributed by atoms with E-state index in [1.54, 1.807) is 30.5 Å². The number of likely N-dealkylation sites (tertiary alicyclic amines) is 1. The quantitative estimate of drug-likeness (QED) is 0.903. The number of benzene rings is 1. The summed E-state index contributed by atoms with van der Waals surface area (Å²) in [6, 6.07) is 10.9. The van der Waals surface area contributed by atoms with Gasteiger partial charge in [-0.1, -0.05) is 18.0 Å². The second-order valence-electron chi connectivity index (χ2n) is 5.84. The van der Waals surface area contributed by atoms with E-state index in [4.69, 9.17) is 16.0 Å². The van der Waals surface area contributed by atoms with Gasteiger partial charge in [0.1, 0.15) is 5.76 Å². The first-order valence-corrected chi connectivity index (χ1v) is 8.43. The molecule has 0 bridgehead atoms. The number of carbonyl (C=O) groups excluding carboxylic acids is 1. The van der Waals surface area contributed by atoms with Crippen LogP contribution in [0, 0.1) is 0 Å². The van der Waals surface area contributed by atoms with Gasteiger partial charge < -0.3 is 9.73 Å². The van der Waals surface area contributed by atoms with E-state index in [-0.39, 0.29) is 11.9 Å². The largest absolute Gasteiger partial charge is 0.468 e. The van der Waals surface area contributed by atoms with Crippen molar-refractivity contribution in [2.75, 3.05) is 19.6 Å². The van der Waals surface area contributed by atoms with Gasteiger partial charge in [-0.2, -0.15) is 0 Å². The van der Waals surface area contributed by atoms with Crippen molar-refractivity contribution in [2.24, 2.45) is 0 Å². The average Bonchev–Trinajstić information content (AvgIpc) is 3.11. The van der Waals surface area contributed by atoms with Crippen molar-refractivity contribution >= 4 is 17.5 Å². The summed E-state index contributed by atoms with van der Waals surface area (Å²) in [7, 11) is 0. The summed E-state index contributed by atoms with van der Waals surface area (Å²) in [6.45, 7) is 2.62. The number of nitrogens with zero attached hydrogens (tertiary/aromatic N) is 1. The molecule has 2 heterocycles. The third-order valence-electron chi connectivity index (χ3n) is 4.27. The molecular weight excluding hydrogens is 312 g/mol. The molecule has 1 saturated heterocycles. The molecule has 2 aromatic rings. The lowest BCUT2D eigenvalue weighted by Crippen LogP contribution is -2.40. The molecule has 1 aromatic heterocycles. The summed E-state index contributed by atoms with van der Waals surface area (Å²) >= 11 is 5.86. The molecule has 1 amide bonds. The van der Waals surface area contributed by atoms with E-state index >= 15 is 0 Å². The van der Waals surface area contributed by atoms with Crippen molar-refractivity contribution in [3.63, 3.8) is 0 Å². The van der Waals surface area contributed by atoms with Crippen molar-refractivity contribution in [3.8, 4) is 0 Å². The molecule has 0 radical (unpaired) electrons. The van der Waals surface area contributed by atoms with Crippen LogP contribution in [-0.4, -0.2) is 30.4 Å². The van der Waals surface area contributed by atoms with Crippen molar-refractivity contribution < 1.29 is 9.21 Å². The second-order valence-corrected chi connectivity index (χ2v) is 6.28. The van der Waals surface area contributed by atoms with E-state index in [2.05, 4.69) is 10.2 Å². The topological polar surface area (TPSA) is 45.5 Å². The number of hydrogen-bond acceptors (Lipinski definition) is 3. The van der Waals surface area contributed by atoms with Crippen LogP contribution >= 0.6 is 11.6 Å². The second kappa shape index (κ2) is 7.66. The Morgan fingerprint density at radius 3 is 2.57 bits per heavy atom. The van der Waals surface area contributed by atoms with Crippen molar-refractivity contribution in [1.82, 2.24) is 10.2 Å². The lowest BCUT2D eigenvalue weighted by atomic mass is 10.1. The average molecular weight is 333 g/mol.